The van der Waals surface area contributed by atoms with Crippen LogP contribution in [0.25, 0.3) is 11.0 Å². The molecule has 0 amide bonds. The van der Waals surface area contributed by atoms with Gasteiger partial charge in [-0.25, -0.2) is 8.42 Å². The SMILES string of the molecule is COc1cc(C#CC2CNC2)cc(OC)c1S(=O)(=O)Nc1noc2cc(Cn3cccn3)cc(OC)c12. The molecule has 0 unspecified atom stereocenters. The molecule has 0 aliphatic carbocycles. The normalized spacial score (nSPS) is 13.5. The number of sulfonamides is 1. The van der Waals surface area contributed by atoms with E-state index in [9.17, 15) is 8.42 Å². The summed E-state index contributed by atoms with van der Waals surface area (Å²) in [4.78, 5) is -0.182. The molecule has 5 rings (SSSR count). The Bertz CT molecular complexity index is 1570. The third-order valence-electron chi connectivity index (χ3n) is 5.88. The molecule has 2 aromatic heterocycles. The highest BCUT2D eigenvalue weighted by Gasteiger charge is 2.29. The van der Waals surface area contributed by atoms with Gasteiger partial charge in [0.2, 0.25) is 0 Å². The van der Waals surface area contributed by atoms with Crippen molar-refractivity contribution in [2.45, 2.75) is 11.4 Å². The molecule has 0 radical (unpaired) electrons. The Hall–Kier alpha value is -4.21. The fourth-order valence-electron chi connectivity index (χ4n) is 3.96. The Labute approximate surface area is 213 Å². The molecule has 2 aromatic carbocycles. The van der Waals surface area contributed by atoms with Gasteiger partial charge in [-0.2, -0.15) is 5.10 Å². The van der Waals surface area contributed by atoms with Crippen molar-refractivity contribution >= 4 is 26.8 Å². The van der Waals surface area contributed by atoms with Crippen LogP contribution in [0.15, 0.2) is 52.1 Å². The first-order valence-electron chi connectivity index (χ1n) is 11.4. The number of nitrogens with zero attached hydrogens (tertiary/aromatic N) is 3. The van der Waals surface area contributed by atoms with Gasteiger partial charge in [0.1, 0.15) is 22.6 Å². The quantitative estimate of drug-likeness (QED) is 0.335. The van der Waals surface area contributed by atoms with E-state index in [-0.39, 0.29) is 28.1 Å². The number of benzene rings is 2. The van der Waals surface area contributed by atoms with Crippen molar-refractivity contribution in [2.24, 2.45) is 5.92 Å². The first-order chi connectivity index (χ1) is 17.9. The molecule has 4 aromatic rings. The number of hydrogen-bond acceptors (Lipinski definition) is 9. The fourth-order valence-corrected chi connectivity index (χ4v) is 5.27. The van der Waals surface area contributed by atoms with Crippen LogP contribution in [0.1, 0.15) is 11.1 Å². The van der Waals surface area contributed by atoms with Gasteiger partial charge in [-0.1, -0.05) is 17.0 Å². The van der Waals surface area contributed by atoms with Gasteiger partial charge < -0.3 is 24.1 Å². The van der Waals surface area contributed by atoms with E-state index in [4.69, 9.17) is 18.7 Å². The molecular weight excluding hydrogens is 498 g/mol. The largest absolute Gasteiger partial charge is 0.496 e. The molecule has 3 heterocycles. The lowest BCUT2D eigenvalue weighted by Crippen LogP contribution is -2.40. The van der Waals surface area contributed by atoms with Crippen LogP contribution in [-0.2, 0) is 16.6 Å². The Morgan fingerprint density at radius 2 is 1.84 bits per heavy atom. The van der Waals surface area contributed by atoms with Crippen LogP contribution in [0.5, 0.6) is 17.2 Å². The summed E-state index contributed by atoms with van der Waals surface area (Å²) in [7, 11) is 0.0320. The molecule has 37 heavy (non-hydrogen) atoms. The summed E-state index contributed by atoms with van der Waals surface area (Å²) in [5.74, 6) is 7.03. The van der Waals surface area contributed by atoms with E-state index in [0.717, 1.165) is 18.7 Å². The van der Waals surface area contributed by atoms with Crippen molar-refractivity contribution in [3.05, 3.63) is 53.9 Å². The van der Waals surface area contributed by atoms with Crippen molar-refractivity contribution in [1.82, 2.24) is 20.3 Å². The van der Waals surface area contributed by atoms with E-state index < -0.39 is 10.0 Å². The van der Waals surface area contributed by atoms with Gasteiger partial charge in [-0.15, -0.1) is 0 Å². The maximum absolute atomic E-state index is 13.6. The highest BCUT2D eigenvalue weighted by atomic mass is 32.2. The number of ether oxygens (including phenoxy) is 3. The Balaban J connectivity index is 1.50. The van der Waals surface area contributed by atoms with Crippen LogP contribution in [0.3, 0.4) is 0 Å². The fraction of sp³-hybridized carbons (Fsp3) is 0.280. The van der Waals surface area contributed by atoms with E-state index in [1.807, 2.05) is 12.3 Å². The number of hydrogen-bond donors (Lipinski definition) is 2. The van der Waals surface area contributed by atoms with Gasteiger partial charge in [0, 0.05) is 37.0 Å². The molecule has 1 saturated heterocycles. The number of rotatable bonds is 8. The lowest BCUT2D eigenvalue weighted by molar-refractivity contribution is 0.373. The predicted octanol–water partition coefficient (Wildman–Crippen LogP) is 2.47. The highest BCUT2D eigenvalue weighted by molar-refractivity contribution is 7.93. The Kier molecular flexibility index (Phi) is 6.64. The molecule has 11 nitrogen and oxygen atoms in total. The van der Waals surface area contributed by atoms with Gasteiger partial charge >= 0.3 is 0 Å². The van der Waals surface area contributed by atoms with Crippen molar-refractivity contribution < 1.29 is 27.2 Å². The van der Waals surface area contributed by atoms with Crippen LogP contribution >= 0.6 is 0 Å². The Morgan fingerprint density at radius 3 is 2.43 bits per heavy atom. The second-order valence-electron chi connectivity index (χ2n) is 8.35. The molecule has 1 aliphatic rings. The van der Waals surface area contributed by atoms with Crippen LogP contribution in [-0.4, -0.2) is 57.8 Å². The molecular formula is C25H25N5O6S. The molecule has 2 N–H and O–H groups in total. The lowest BCUT2D eigenvalue weighted by Gasteiger charge is -2.21. The number of nitrogens with one attached hydrogen (secondary N) is 2. The summed E-state index contributed by atoms with van der Waals surface area (Å²) in [5, 5.41) is 11.7. The van der Waals surface area contributed by atoms with E-state index >= 15 is 0 Å². The molecule has 0 atom stereocenters. The molecule has 1 aliphatic heterocycles. The van der Waals surface area contributed by atoms with Gasteiger partial charge in [0.15, 0.2) is 16.3 Å². The maximum atomic E-state index is 13.6. The van der Waals surface area contributed by atoms with E-state index in [0.29, 0.717) is 28.8 Å². The van der Waals surface area contributed by atoms with Gasteiger partial charge in [0.05, 0.1) is 27.9 Å². The minimum atomic E-state index is -4.23. The van der Waals surface area contributed by atoms with Gasteiger partial charge in [-0.05, 0) is 35.9 Å². The zero-order valence-corrected chi connectivity index (χ0v) is 21.3. The van der Waals surface area contributed by atoms with E-state index in [1.54, 1.807) is 35.1 Å². The van der Waals surface area contributed by atoms with Crippen molar-refractivity contribution in [1.29, 1.82) is 0 Å². The maximum Gasteiger partial charge on any atom is 0.270 e. The standard InChI is InChI=1S/C25H25N5O6S/c1-33-19-11-18(15-30-8-4-7-27-30)12-20-23(19)25(28-36-20)29-37(31,32)24-21(34-2)9-16(10-22(24)35-3)5-6-17-13-26-14-17/h4,7-12,17,26H,13-15H2,1-3H3,(H,28,29). The number of anilines is 1. The summed E-state index contributed by atoms with van der Waals surface area (Å²) in [5.41, 5.74) is 1.78. The van der Waals surface area contributed by atoms with Crippen molar-refractivity contribution in [3.8, 4) is 29.1 Å². The average molecular weight is 524 g/mol. The first kappa shape index (κ1) is 24.5. The summed E-state index contributed by atoms with van der Waals surface area (Å²) in [6, 6.07) is 8.50. The second kappa shape index (κ2) is 10.0. The highest BCUT2D eigenvalue weighted by Crippen LogP contribution is 2.39. The molecule has 0 bridgehead atoms. The zero-order chi connectivity index (χ0) is 26.0. The average Bonchev–Trinajstić information content (AvgIpc) is 3.51. The van der Waals surface area contributed by atoms with Crippen LogP contribution in [0, 0.1) is 17.8 Å². The third-order valence-corrected chi connectivity index (χ3v) is 7.29. The number of aromatic nitrogens is 3. The second-order valence-corrected chi connectivity index (χ2v) is 9.97. The van der Waals surface area contributed by atoms with Gasteiger partial charge in [-0.3, -0.25) is 9.40 Å². The zero-order valence-electron chi connectivity index (χ0n) is 20.4. The first-order valence-corrected chi connectivity index (χ1v) is 12.8. The minimum absolute atomic E-state index is 0.0250. The molecule has 1 fully saturated rings. The van der Waals surface area contributed by atoms with Crippen LogP contribution in [0.4, 0.5) is 5.82 Å². The molecule has 0 spiro atoms. The third kappa shape index (κ3) is 4.91. The van der Waals surface area contributed by atoms with E-state index in [2.05, 4.69) is 32.1 Å². The van der Waals surface area contributed by atoms with Crippen LogP contribution < -0.4 is 24.2 Å². The van der Waals surface area contributed by atoms with E-state index in [1.165, 1.54) is 21.3 Å². The molecule has 12 heteroatoms. The Morgan fingerprint density at radius 1 is 1.11 bits per heavy atom. The summed E-state index contributed by atoms with van der Waals surface area (Å²) in [6.45, 7) is 2.14. The molecule has 0 saturated carbocycles. The van der Waals surface area contributed by atoms with Crippen LogP contribution in [0.2, 0.25) is 0 Å². The smallest absolute Gasteiger partial charge is 0.270 e. The van der Waals surface area contributed by atoms with Crippen molar-refractivity contribution in [3.63, 3.8) is 0 Å². The topological polar surface area (TPSA) is 130 Å². The summed E-state index contributed by atoms with van der Waals surface area (Å²) in [6.07, 6.45) is 3.52. The lowest BCUT2D eigenvalue weighted by atomic mass is 10.0. The minimum Gasteiger partial charge on any atom is -0.496 e. The van der Waals surface area contributed by atoms with Gasteiger partial charge in [0.25, 0.3) is 10.0 Å². The summed E-state index contributed by atoms with van der Waals surface area (Å²) < 4.78 is 53.2. The van der Waals surface area contributed by atoms with Crippen molar-refractivity contribution in [2.75, 3.05) is 39.1 Å². The monoisotopic (exact) mass is 523 g/mol. The predicted molar refractivity (Wildman–Crippen MR) is 135 cm³/mol. The molecule has 192 valence electrons. The number of methoxy groups -OCH3 is 3. The number of fused-ring (bicyclic) bond motifs is 1. The summed E-state index contributed by atoms with van der Waals surface area (Å²) >= 11 is 0.